The Kier molecular flexibility index (Phi) is 12.2. The molecule has 9 fully saturated rings. The molecule has 0 amide bonds. The highest BCUT2D eigenvalue weighted by molar-refractivity contribution is 5.27. The van der Waals surface area contributed by atoms with Crippen molar-refractivity contribution in [3.63, 3.8) is 0 Å². The lowest BCUT2D eigenvalue weighted by atomic mass is 9.35. The fourth-order valence-electron chi connectivity index (χ4n) is 15.5. The van der Waals surface area contributed by atoms with Crippen LogP contribution in [0.3, 0.4) is 0 Å². The summed E-state index contributed by atoms with van der Waals surface area (Å²) < 4.78 is 50.5. The van der Waals surface area contributed by atoms with Crippen LogP contribution in [0.1, 0.15) is 93.4 Å². The van der Waals surface area contributed by atoms with E-state index in [4.69, 9.17) is 37.9 Å². The van der Waals surface area contributed by atoms with Crippen molar-refractivity contribution in [1.82, 2.24) is 0 Å². The summed E-state index contributed by atoms with van der Waals surface area (Å²) >= 11 is 0. The predicted molar refractivity (Wildman–Crippen MR) is 219 cm³/mol. The number of hydrogen-bond donors (Lipinski definition) is 9. The third-order valence-electron chi connectivity index (χ3n) is 18.7. The van der Waals surface area contributed by atoms with Gasteiger partial charge in [0.15, 0.2) is 24.7 Å². The summed E-state index contributed by atoms with van der Waals surface area (Å²) in [7, 11) is 0. The van der Waals surface area contributed by atoms with E-state index in [0.29, 0.717) is 25.6 Å². The van der Waals surface area contributed by atoms with Gasteiger partial charge in [0.2, 0.25) is 0 Å². The van der Waals surface area contributed by atoms with Crippen molar-refractivity contribution in [1.29, 1.82) is 0 Å². The quantitative estimate of drug-likeness (QED) is 0.113. The van der Waals surface area contributed by atoms with E-state index in [-0.39, 0.29) is 52.6 Å². The molecule has 4 aliphatic carbocycles. The normalized spacial score (nSPS) is 57.2. The van der Waals surface area contributed by atoms with Gasteiger partial charge in [-0.3, -0.25) is 0 Å². The van der Waals surface area contributed by atoms with Gasteiger partial charge in [-0.05, 0) is 93.3 Å². The Hall–Kier alpha value is -0.940. The molecule has 0 radical (unpaired) electrons. The molecule has 5 heterocycles. The van der Waals surface area contributed by atoms with Crippen molar-refractivity contribution in [2.45, 2.75) is 191 Å². The van der Waals surface area contributed by atoms with Crippen LogP contribution in [0.4, 0.5) is 0 Å². The van der Waals surface area contributed by atoms with E-state index in [0.717, 1.165) is 44.1 Å². The zero-order valence-electron chi connectivity index (χ0n) is 37.8. The second kappa shape index (κ2) is 16.4. The van der Waals surface area contributed by atoms with Crippen LogP contribution in [-0.4, -0.2) is 176 Å². The fraction of sp³-hybridized carbons (Fsp3) is 0.957. The first kappa shape index (κ1) is 47.1. The van der Waals surface area contributed by atoms with Gasteiger partial charge < -0.3 is 83.9 Å². The lowest BCUT2D eigenvalue weighted by Gasteiger charge is -2.70. The fourth-order valence-corrected chi connectivity index (χ4v) is 15.5. The van der Waals surface area contributed by atoms with Crippen LogP contribution in [0.2, 0.25) is 0 Å². The number of rotatable bonds is 9. The standard InChI is InChI=1S/C46H74O17/c1-21(2)14-22-17-57-46-19-45(20-58-46)23(37(46)44(22,7)55)8-9-28-42(5)12-11-29(41(3,4)27(42)10-13-43(28,45)6)61-40-36(63-38-33(53)31(51)26(16-48)60-38)35(24(49)18-56-40)62-39-34(54)32(52)30(50)25(15-47)59-39/h14,22-40,47-55H,8-13,15-20H2,1-7H3/t22-,23+,24+,25-,26+,27+,28-,29+,30-,31+,32+,33-,34-,35+,36-,37+,38+,39+,40+,42+,43-,44+,45+,46-/m1/s1. The highest BCUT2D eigenvalue weighted by Crippen LogP contribution is 2.80. The van der Waals surface area contributed by atoms with Crippen LogP contribution in [0.15, 0.2) is 11.6 Å². The predicted octanol–water partition coefficient (Wildman–Crippen LogP) is 0.463. The van der Waals surface area contributed by atoms with E-state index in [1.807, 2.05) is 6.92 Å². The largest absolute Gasteiger partial charge is 0.394 e. The number of aliphatic hydroxyl groups excluding tert-OH is 8. The van der Waals surface area contributed by atoms with Crippen LogP contribution < -0.4 is 0 Å². The minimum atomic E-state index is -1.79. The molecule has 63 heavy (non-hydrogen) atoms. The highest BCUT2D eigenvalue weighted by atomic mass is 16.8. The van der Waals surface area contributed by atoms with Crippen LogP contribution in [0.25, 0.3) is 0 Å². The van der Waals surface area contributed by atoms with Crippen molar-refractivity contribution < 1.29 is 83.9 Å². The van der Waals surface area contributed by atoms with Crippen molar-refractivity contribution in [3.8, 4) is 0 Å². The Morgan fingerprint density at radius 1 is 0.683 bits per heavy atom. The molecule has 17 nitrogen and oxygen atoms in total. The van der Waals surface area contributed by atoms with E-state index < -0.39 is 110 Å². The zero-order valence-corrected chi connectivity index (χ0v) is 37.8. The van der Waals surface area contributed by atoms with E-state index in [1.165, 1.54) is 0 Å². The van der Waals surface area contributed by atoms with Crippen LogP contribution in [-0.2, 0) is 37.9 Å². The lowest BCUT2D eigenvalue weighted by Crippen LogP contribution is -2.68. The summed E-state index contributed by atoms with van der Waals surface area (Å²) in [6, 6.07) is 0. The Morgan fingerprint density at radius 3 is 1.97 bits per heavy atom. The molecule has 5 aliphatic heterocycles. The van der Waals surface area contributed by atoms with Gasteiger partial charge in [0.1, 0.15) is 61.0 Å². The second-order valence-electron chi connectivity index (χ2n) is 22.4. The summed E-state index contributed by atoms with van der Waals surface area (Å²) in [6.45, 7) is 15.1. The molecule has 360 valence electrons. The summed E-state index contributed by atoms with van der Waals surface area (Å²) in [5.74, 6) is -0.140. The van der Waals surface area contributed by atoms with Gasteiger partial charge >= 0.3 is 0 Å². The minimum absolute atomic E-state index is 0.0626. The number of ether oxygens (including phenoxy) is 8. The molecule has 5 saturated heterocycles. The Balaban J connectivity index is 0.970. The maximum atomic E-state index is 12.4. The monoisotopic (exact) mass is 898 g/mol. The maximum Gasteiger partial charge on any atom is 0.187 e. The molecular formula is C46H74O17. The molecule has 17 heteroatoms. The zero-order chi connectivity index (χ0) is 45.4. The van der Waals surface area contributed by atoms with Crippen molar-refractivity contribution in [2.75, 3.05) is 33.0 Å². The Morgan fingerprint density at radius 2 is 1.32 bits per heavy atom. The van der Waals surface area contributed by atoms with Crippen molar-refractivity contribution in [2.24, 2.45) is 51.2 Å². The molecule has 9 aliphatic rings. The summed E-state index contributed by atoms with van der Waals surface area (Å²) in [4.78, 5) is 0. The molecular weight excluding hydrogens is 824 g/mol. The van der Waals surface area contributed by atoms with E-state index >= 15 is 0 Å². The molecule has 24 atom stereocenters. The first-order chi connectivity index (χ1) is 29.6. The maximum absolute atomic E-state index is 12.4. The topological polar surface area (TPSA) is 256 Å². The first-order valence-electron chi connectivity index (χ1n) is 23.4. The number of allylic oxidation sites excluding steroid dienone is 1. The summed E-state index contributed by atoms with van der Waals surface area (Å²) in [6.07, 6.45) is -11.3. The summed E-state index contributed by atoms with van der Waals surface area (Å²) in [5.41, 5.74) is -0.487. The molecule has 0 aromatic carbocycles. The van der Waals surface area contributed by atoms with Crippen LogP contribution in [0.5, 0.6) is 0 Å². The molecule has 2 bridgehead atoms. The van der Waals surface area contributed by atoms with E-state index in [9.17, 15) is 46.0 Å². The molecule has 0 aromatic rings. The lowest BCUT2D eigenvalue weighted by molar-refractivity contribution is -0.375. The second-order valence-corrected chi connectivity index (χ2v) is 22.4. The van der Waals surface area contributed by atoms with Crippen LogP contribution >= 0.6 is 0 Å². The Labute approximate surface area is 369 Å². The molecule has 2 spiro atoms. The molecule has 0 unspecified atom stereocenters. The SMILES string of the molecule is CC(C)=C[C@@H]1CO[C@]23C[C@]4(CO2)[C@@H](CC[C@@H]2[C@@]5(C)CC[C@H](O[C@@H]6OC[C@H](O)[C@H](O[C@@H]7O[C@H](CO)[C@@H](O)[C@H](O)[C@H]7O)[C@H]6O[C@@H]6O[C@@H](CO)[C@H](O)[C@H]6O)C(C)(C)[C@@H]5CC[C@]24C)[C@H]3[C@@]1(C)O. The van der Waals surface area contributed by atoms with E-state index in [2.05, 4.69) is 47.6 Å². The summed E-state index contributed by atoms with van der Waals surface area (Å²) in [5, 5.41) is 96.9. The van der Waals surface area contributed by atoms with Gasteiger partial charge in [0.05, 0.1) is 44.7 Å². The van der Waals surface area contributed by atoms with Gasteiger partial charge in [-0.25, -0.2) is 0 Å². The van der Waals surface area contributed by atoms with Gasteiger partial charge in [0.25, 0.3) is 0 Å². The number of fused-ring (bicyclic) bond motifs is 4. The van der Waals surface area contributed by atoms with Crippen molar-refractivity contribution >= 4 is 0 Å². The average molecular weight is 899 g/mol. The van der Waals surface area contributed by atoms with Gasteiger partial charge in [-0.2, -0.15) is 0 Å². The molecule has 9 N–H and O–H groups in total. The molecule has 9 rings (SSSR count). The first-order valence-corrected chi connectivity index (χ1v) is 23.4. The van der Waals surface area contributed by atoms with Gasteiger partial charge in [-0.15, -0.1) is 0 Å². The van der Waals surface area contributed by atoms with Crippen LogP contribution in [0, 0.1) is 51.2 Å². The molecule has 0 aromatic heterocycles. The number of aliphatic hydroxyl groups is 9. The third kappa shape index (κ3) is 6.95. The Bertz CT molecular complexity index is 1710. The third-order valence-corrected chi connectivity index (χ3v) is 18.7. The van der Waals surface area contributed by atoms with Gasteiger partial charge in [0, 0.05) is 23.7 Å². The highest BCUT2D eigenvalue weighted by Gasteiger charge is 2.81. The van der Waals surface area contributed by atoms with E-state index in [1.54, 1.807) is 0 Å². The smallest absolute Gasteiger partial charge is 0.187 e. The molecule has 4 saturated carbocycles. The average Bonchev–Trinajstić information content (AvgIpc) is 3.85. The number of hydrogen-bond acceptors (Lipinski definition) is 17. The van der Waals surface area contributed by atoms with Gasteiger partial charge in [-0.1, -0.05) is 39.3 Å². The van der Waals surface area contributed by atoms with Crippen molar-refractivity contribution in [3.05, 3.63) is 11.6 Å². The minimum Gasteiger partial charge on any atom is -0.394 e.